The Morgan fingerprint density at radius 3 is 2.46 bits per heavy atom. The van der Waals surface area contributed by atoms with Crippen LogP contribution < -0.4 is 14.9 Å². The highest BCUT2D eigenvalue weighted by Crippen LogP contribution is 2.35. The average molecular weight is 437 g/mol. The van der Waals surface area contributed by atoms with Crippen molar-refractivity contribution in [3.8, 4) is 11.5 Å². The van der Waals surface area contributed by atoms with Gasteiger partial charge in [-0.25, -0.2) is 5.43 Å². The zero-order chi connectivity index (χ0) is 19.3. The molecule has 1 unspecified atom stereocenters. The molecular weight excluding hydrogens is 420 g/mol. The van der Waals surface area contributed by atoms with Gasteiger partial charge in [0.25, 0.3) is 5.91 Å². The summed E-state index contributed by atoms with van der Waals surface area (Å²) in [6.07, 6.45) is 2.66. The number of amides is 1. The highest BCUT2D eigenvalue weighted by atomic mass is 79.9. The molecular formula is C22H17BrN2O3. The van der Waals surface area contributed by atoms with Crippen LogP contribution in [0.15, 0.2) is 76.3 Å². The maximum atomic E-state index is 12.3. The summed E-state index contributed by atoms with van der Waals surface area (Å²) in [5.41, 5.74) is 3.52. The van der Waals surface area contributed by atoms with Crippen molar-refractivity contribution in [2.24, 2.45) is 5.10 Å². The fourth-order valence-corrected chi connectivity index (χ4v) is 3.23. The summed E-state index contributed by atoms with van der Waals surface area (Å²) in [4.78, 5) is 12.3. The lowest BCUT2D eigenvalue weighted by Crippen LogP contribution is -2.42. The van der Waals surface area contributed by atoms with E-state index in [0.29, 0.717) is 11.5 Å². The number of nitrogens with zero attached hydrogens (tertiary/aromatic N) is 1. The van der Waals surface area contributed by atoms with E-state index in [1.807, 2.05) is 72.8 Å². The third kappa shape index (κ3) is 4.23. The standard InChI is InChI=1S/C22H17BrN2O3/c23-18(10-15-6-2-1-3-7-15)13-24-25-22(26)21-14-27-19-11-16-8-4-5-9-17(16)12-20(19)28-21/h1-13,21H,14H2,(H,25,26)/b18-10-,24-13-. The molecule has 1 aliphatic heterocycles. The summed E-state index contributed by atoms with van der Waals surface area (Å²) in [5, 5.41) is 6.06. The summed E-state index contributed by atoms with van der Waals surface area (Å²) < 4.78 is 12.3. The zero-order valence-corrected chi connectivity index (χ0v) is 16.4. The summed E-state index contributed by atoms with van der Waals surface area (Å²) >= 11 is 3.41. The number of nitrogens with one attached hydrogen (secondary N) is 1. The summed E-state index contributed by atoms with van der Waals surface area (Å²) in [5.74, 6) is 0.828. The molecule has 3 aromatic rings. The van der Waals surface area contributed by atoms with Crippen LogP contribution in [0, 0.1) is 0 Å². The van der Waals surface area contributed by atoms with Gasteiger partial charge in [-0.15, -0.1) is 0 Å². The van der Waals surface area contributed by atoms with E-state index in [1.54, 1.807) is 0 Å². The second-order valence-corrected chi connectivity index (χ2v) is 7.15. The zero-order valence-electron chi connectivity index (χ0n) is 14.8. The number of carbonyl (C=O) groups excluding carboxylic acids is 1. The molecule has 140 valence electrons. The molecule has 0 fully saturated rings. The number of ether oxygens (including phenoxy) is 2. The van der Waals surface area contributed by atoms with Crippen molar-refractivity contribution in [2.45, 2.75) is 6.10 Å². The van der Waals surface area contributed by atoms with E-state index in [4.69, 9.17) is 9.47 Å². The highest BCUT2D eigenvalue weighted by molar-refractivity contribution is 9.12. The fraction of sp³-hybridized carbons (Fsp3) is 0.0909. The van der Waals surface area contributed by atoms with Crippen LogP contribution in [0.3, 0.4) is 0 Å². The second-order valence-electron chi connectivity index (χ2n) is 6.24. The van der Waals surface area contributed by atoms with E-state index in [-0.39, 0.29) is 12.5 Å². The smallest absolute Gasteiger partial charge is 0.284 e. The Morgan fingerprint density at radius 2 is 1.71 bits per heavy atom. The molecule has 0 spiro atoms. The van der Waals surface area contributed by atoms with Crippen LogP contribution in [-0.4, -0.2) is 24.8 Å². The maximum Gasteiger partial charge on any atom is 0.284 e. The molecule has 1 amide bonds. The fourth-order valence-electron chi connectivity index (χ4n) is 2.86. The minimum absolute atomic E-state index is 0.133. The molecule has 0 saturated carbocycles. The Hall–Kier alpha value is -3.12. The predicted octanol–water partition coefficient (Wildman–Crippen LogP) is 4.52. The lowest BCUT2D eigenvalue weighted by Gasteiger charge is -2.25. The van der Waals surface area contributed by atoms with Gasteiger partial charge in [0.15, 0.2) is 11.5 Å². The van der Waals surface area contributed by atoms with Gasteiger partial charge in [0.05, 0.1) is 6.21 Å². The first-order valence-corrected chi connectivity index (χ1v) is 9.56. The van der Waals surface area contributed by atoms with Crippen LogP contribution in [0.25, 0.3) is 16.8 Å². The molecule has 0 aromatic heterocycles. The SMILES string of the molecule is O=C(N/N=C\C(Br)=C\c1ccccc1)C1COc2cc3ccccc3cc2O1. The number of benzene rings is 3. The monoisotopic (exact) mass is 436 g/mol. The predicted molar refractivity (Wildman–Crippen MR) is 114 cm³/mol. The number of halogens is 1. The lowest BCUT2D eigenvalue weighted by molar-refractivity contribution is -0.130. The van der Waals surface area contributed by atoms with Gasteiger partial charge in [-0.1, -0.05) is 54.6 Å². The molecule has 1 N–H and O–H groups in total. The van der Waals surface area contributed by atoms with Crippen LogP contribution in [-0.2, 0) is 4.79 Å². The largest absolute Gasteiger partial charge is 0.485 e. The molecule has 4 rings (SSSR count). The third-order valence-electron chi connectivity index (χ3n) is 4.23. The van der Waals surface area contributed by atoms with Gasteiger partial charge < -0.3 is 9.47 Å². The second kappa shape index (κ2) is 8.27. The van der Waals surface area contributed by atoms with E-state index in [1.165, 1.54) is 6.21 Å². The summed E-state index contributed by atoms with van der Waals surface area (Å²) in [6, 6.07) is 21.5. The number of hydrazone groups is 1. The Balaban J connectivity index is 1.39. The molecule has 0 aliphatic carbocycles. The van der Waals surface area contributed by atoms with E-state index < -0.39 is 6.10 Å². The van der Waals surface area contributed by atoms with Gasteiger partial charge >= 0.3 is 0 Å². The Labute approximate surface area is 170 Å². The van der Waals surface area contributed by atoms with Crippen molar-refractivity contribution in [3.63, 3.8) is 0 Å². The van der Waals surface area contributed by atoms with Crippen molar-refractivity contribution < 1.29 is 14.3 Å². The quantitative estimate of drug-likeness (QED) is 0.483. The first-order chi connectivity index (χ1) is 13.7. The van der Waals surface area contributed by atoms with E-state index in [2.05, 4.69) is 26.5 Å². The topological polar surface area (TPSA) is 59.9 Å². The Bertz CT molecular complexity index is 1060. The normalized spacial score (nSPS) is 16.3. The number of rotatable bonds is 4. The van der Waals surface area contributed by atoms with Gasteiger partial charge in [-0.3, -0.25) is 4.79 Å². The van der Waals surface area contributed by atoms with E-state index in [9.17, 15) is 4.79 Å². The Morgan fingerprint density at radius 1 is 1.04 bits per heavy atom. The van der Waals surface area contributed by atoms with Crippen molar-refractivity contribution >= 4 is 44.9 Å². The lowest BCUT2D eigenvalue weighted by atomic mass is 10.1. The highest BCUT2D eigenvalue weighted by Gasteiger charge is 2.27. The molecule has 3 aromatic carbocycles. The molecule has 1 heterocycles. The van der Waals surface area contributed by atoms with Crippen LogP contribution >= 0.6 is 15.9 Å². The molecule has 1 aliphatic rings. The van der Waals surface area contributed by atoms with Crippen LogP contribution in [0.4, 0.5) is 0 Å². The number of hydrogen-bond donors (Lipinski definition) is 1. The third-order valence-corrected chi connectivity index (χ3v) is 4.66. The number of hydrogen-bond acceptors (Lipinski definition) is 4. The van der Waals surface area contributed by atoms with Crippen LogP contribution in [0.1, 0.15) is 5.56 Å². The van der Waals surface area contributed by atoms with Crippen molar-refractivity contribution in [3.05, 3.63) is 76.8 Å². The van der Waals surface area contributed by atoms with Crippen molar-refractivity contribution in [2.75, 3.05) is 6.61 Å². The molecule has 0 radical (unpaired) electrons. The van der Waals surface area contributed by atoms with Gasteiger partial charge in [0, 0.05) is 4.48 Å². The van der Waals surface area contributed by atoms with Gasteiger partial charge in [-0.05, 0) is 50.5 Å². The minimum atomic E-state index is -0.761. The molecule has 0 bridgehead atoms. The molecule has 28 heavy (non-hydrogen) atoms. The number of fused-ring (bicyclic) bond motifs is 2. The number of carbonyl (C=O) groups is 1. The molecule has 5 nitrogen and oxygen atoms in total. The van der Waals surface area contributed by atoms with Crippen LogP contribution in [0.5, 0.6) is 11.5 Å². The van der Waals surface area contributed by atoms with Gasteiger partial charge in [0.1, 0.15) is 6.61 Å². The first kappa shape index (κ1) is 18.3. The molecule has 0 saturated heterocycles. The van der Waals surface area contributed by atoms with Gasteiger partial charge in [-0.2, -0.15) is 5.10 Å². The summed E-state index contributed by atoms with van der Waals surface area (Å²) in [7, 11) is 0. The van der Waals surface area contributed by atoms with E-state index >= 15 is 0 Å². The minimum Gasteiger partial charge on any atom is -0.485 e. The first-order valence-electron chi connectivity index (χ1n) is 8.76. The van der Waals surface area contributed by atoms with Crippen molar-refractivity contribution in [1.29, 1.82) is 0 Å². The van der Waals surface area contributed by atoms with Crippen LogP contribution in [0.2, 0.25) is 0 Å². The number of allylic oxidation sites excluding steroid dienone is 1. The maximum absolute atomic E-state index is 12.3. The van der Waals surface area contributed by atoms with Gasteiger partial charge in [0.2, 0.25) is 6.10 Å². The summed E-state index contributed by atoms with van der Waals surface area (Å²) in [6.45, 7) is 0.133. The average Bonchev–Trinajstić information content (AvgIpc) is 2.72. The molecule has 1 atom stereocenters. The van der Waals surface area contributed by atoms with Crippen molar-refractivity contribution in [1.82, 2.24) is 5.43 Å². The van der Waals surface area contributed by atoms with E-state index in [0.717, 1.165) is 20.8 Å². The Kier molecular flexibility index (Phi) is 5.39. The molecule has 6 heteroatoms.